The summed E-state index contributed by atoms with van der Waals surface area (Å²) in [5, 5.41) is 0. The van der Waals surface area contributed by atoms with Gasteiger partial charge < -0.3 is 9.47 Å². The monoisotopic (exact) mass is 288 g/mol. The number of Topliss-reactive ketones (excluding diaryl/α,β-unsaturated/α-hetero) is 1. The summed E-state index contributed by atoms with van der Waals surface area (Å²) in [4.78, 5) is 23.1. The fourth-order valence-electron chi connectivity index (χ4n) is 3.87. The van der Waals surface area contributed by atoms with E-state index in [4.69, 9.17) is 9.47 Å². The van der Waals surface area contributed by atoms with E-state index in [-0.39, 0.29) is 23.4 Å². The molecule has 1 aromatic carbocycles. The van der Waals surface area contributed by atoms with Crippen molar-refractivity contribution in [3.63, 3.8) is 0 Å². The molecule has 2 saturated carbocycles. The summed E-state index contributed by atoms with van der Waals surface area (Å²) in [6.45, 7) is 1.42. The highest BCUT2D eigenvalue weighted by Crippen LogP contribution is 2.55. The molecule has 4 heteroatoms. The average Bonchev–Trinajstić information content (AvgIpc) is 2.47. The molecule has 3 rings (SSSR count). The van der Waals surface area contributed by atoms with Crippen molar-refractivity contribution in [1.29, 1.82) is 0 Å². The van der Waals surface area contributed by atoms with E-state index in [9.17, 15) is 9.59 Å². The fourth-order valence-corrected chi connectivity index (χ4v) is 3.87. The van der Waals surface area contributed by atoms with Crippen molar-refractivity contribution in [1.82, 2.24) is 0 Å². The molecule has 2 aliphatic carbocycles. The molecule has 21 heavy (non-hydrogen) atoms. The van der Waals surface area contributed by atoms with Crippen LogP contribution in [0.5, 0.6) is 5.75 Å². The minimum Gasteiger partial charge on any atom is -0.497 e. The Morgan fingerprint density at radius 3 is 2.57 bits per heavy atom. The van der Waals surface area contributed by atoms with Gasteiger partial charge in [-0.3, -0.25) is 9.59 Å². The smallest absolute Gasteiger partial charge is 0.302 e. The molecule has 0 aromatic heterocycles. The van der Waals surface area contributed by atoms with Crippen molar-refractivity contribution in [3.8, 4) is 5.75 Å². The van der Waals surface area contributed by atoms with Crippen LogP contribution in [0.4, 0.5) is 0 Å². The number of rotatable bonds is 3. The van der Waals surface area contributed by atoms with E-state index in [0.29, 0.717) is 18.6 Å². The summed E-state index contributed by atoms with van der Waals surface area (Å²) in [6, 6.07) is 8.01. The van der Waals surface area contributed by atoms with Gasteiger partial charge in [0.2, 0.25) is 0 Å². The molecule has 1 aromatic rings. The molecule has 0 N–H and O–H groups in total. The van der Waals surface area contributed by atoms with Gasteiger partial charge >= 0.3 is 5.97 Å². The maximum Gasteiger partial charge on any atom is 0.302 e. The molecule has 0 unspecified atom stereocenters. The van der Waals surface area contributed by atoms with E-state index < -0.39 is 0 Å². The Balaban J connectivity index is 1.81. The Bertz CT molecular complexity index is 563. The molecule has 112 valence electrons. The lowest BCUT2D eigenvalue weighted by molar-refractivity contribution is -0.157. The second kappa shape index (κ2) is 5.17. The highest BCUT2D eigenvalue weighted by molar-refractivity contribution is 5.91. The van der Waals surface area contributed by atoms with Crippen molar-refractivity contribution < 1.29 is 19.1 Å². The summed E-state index contributed by atoms with van der Waals surface area (Å²) >= 11 is 0. The summed E-state index contributed by atoms with van der Waals surface area (Å²) in [5.41, 5.74) is 1.15. The first-order chi connectivity index (χ1) is 10.0. The number of fused-ring (bicyclic) bond motifs is 1. The highest BCUT2D eigenvalue weighted by Gasteiger charge is 2.57. The molecule has 2 aliphatic rings. The standard InChI is InChI=1S/C17H20O4/c1-11(18)21-14-7-8-17(10-16(19)15(17)9-14)12-3-5-13(20-2)6-4-12/h3-6,14-15H,7-10H2,1-2H3/t14-,15-,17+/m1/s1. The number of benzene rings is 1. The second-order valence-electron chi connectivity index (χ2n) is 6.09. The van der Waals surface area contributed by atoms with Gasteiger partial charge in [0, 0.05) is 24.7 Å². The third kappa shape index (κ3) is 2.33. The Morgan fingerprint density at radius 2 is 2.00 bits per heavy atom. The van der Waals surface area contributed by atoms with Crippen molar-refractivity contribution in [2.24, 2.45) is 5.92 Å². The quantitative estimate of drug-likeness (QED) is 0.802. The van der Waals surface area contributed by atoms with E-state index in [0.717, 1.165) is 18.6 Å². The Labute approximate surface area is 124 Å². The third-order valence-electron chi connectivity index (χ3n) is 4.95. The lowest BCUT2D eigenvalue weighted by Crippen LogP contribution is -2.56. The number of hydrogen-bond acceptors (Lipinski definition) is 4. The first-order valence-corrected chi connectivity index (χ1v) is 7.39. The fraction of sp³-hybridized carbons (Fsp3) is 0.529. The largest absolute Gasteiger partial charge is 0.497 e. The molecular formula is C17H20O4. The van der Waals surface area contributed by atoms with Crippen molar-refractivity contribution in [2.45, 2.75) is 44.1 Å². The maximum atomic E-state index is 12.0. The van der Waals surface area contributed by atoms with Crippen LogP contribution in [0.1, 0.15) is 38.2 Å². The molecule has 2 fully saturated rings. The van der Waals surface area contributed by atoms with Gasteiger partial charge in [-0.1, -0.05) is 12.1 Å². The lowest BCUT2D eigenvalue weighted by atomic mass is 9.50. The molecule has 0 saturated heterocycles. The van der Waals surface area contributed by atoms with E-state index in [1.165, 1.54) is 12.5 Å². The molecule has 0 amide bonds. The molecule has 3 atom stereocenters. The predicted molar refractivity (Wildman–Crippen MR) is 77.2 cm³/mol. The average molecular weight is 288 g/mol. The summed E-state index contributed by atoms with van der Waals surface area (Å²) in [6.07, 6.45) is 2.88. The van der Waals surface area contributed by atoms with Crippen LogP contribution in [0.15, 0.2) is 24.3 Å². The number of carbonyl (C=O) groups is 2. The van der Waals surface area contributed by atoms with Crippen LogP contribution in [0.2, 0.25) is 0 Å². The predicted octanol–water partition coefficient (Wildman–Crippen LogP) is 2.64. The van der Waals surface area contributed by atoms with Crippen molar-refractivity contribution in [2.75, 3.05) is 7.11 Å². The number of methoxy groups -OCH3 is 1. The lowest BCUT2D eigenvalue weighted by Gasteiger charge is -2.53. The maximum absolute atomic E-state index is 12.0. The number of hydrogen-bond donors (Lipinski definition) is 0. The Kier molecular flexibility index (Phi) is 3.47. The van der Waals surface area contributed by atoms with Crippen LogP contribution in [0, 0.1) is 5.92 Å². The van der Waals surface area contributed by atoms with Crippen LogP contribution in [-0.2, 0) is 19.7 Å². The zero-order valence-corrected chi connectivity index (χ0v) is 12.4. The van der Waals surface area contributed by atoms with Gasteiger partial charge in [-0.2, -0.15) is 0 Å². The van der Waals surface area contributed by atoms with Gasteiger partial charge in [-0.15, -0.1) is 0 Å². The van der Waals surface area contributed by atoms with Gasteiger partial charge in [-0.05, 0) is 37.0 Å². The third-order valence-corrected chi connectivity index (χ3v) is 4.95. The molecule has 0 aliphatic heterocycles. The zero-order valence-electron chi connectivity index (χ0n) is 12.4. The van der Waals surface area contributed by atoms with Crippen LogP contribution in [-0.4, -0.2) is 25.0 Å². The topological polar surface area (TPSA) is 52.6 Å². The molecule has 0 heterocycles. The highest BCUT2D eigenvalue weighted by atomic mass is 16.5. The number of ether oxygens (including phenoxy) is 2. The van der Waals surface area contributed by atoms with Crippen LogP contribution in [0.25, 0.3) is 0 Å². The molecule has 0 bridgehead atoms. The van der Waals surface area contributed by atoms with Gasteiger partial charge in [0.1, 0.15) is 17.6 Å². The first kappa shape index (κ1) is 14.1. The van der Waals surface area contributed by atoms with Crippen LogP contribution < -0.4 is 4.74 Å². The summed E-state index contributed by atoms with van der Waals surface area (Å²) in [5.74, 6) is 0.848. The van der Waals surface area contributed by atoms with E-state index in [2.05, 4.69) is 12.1 Å². The molecule has 0 radical (unpaired) electrons. The molecular weight excluding hydrogens is 268 g/mol. The number of carbonyl (C=O) groups excluding carboxylic acids is 2. The first-order valence-electron chi connectivity index (χ1n) is 7.39. The van der Waals surface area contributed by atoms with Crippen LogP contribution in [0.3, 0.4) is 0 Å². The normalized spacial score (nSPS) is 31.0. The molecule has 4 nitrogen and oxygen atoms in total. The van der Waals surface area contributed by atoms with Crippen LogP contribution >= 0.6 is 0 Å². The van der Waals surface area contributed by atoms with E-state index in [1.807, 2.05) is 12.1 Å². The van der Waals surface area contributed by atoms with Gasteiger partial charge in [0.25, 0.3) is 0 Å². The van der Waals surface area contributed by atoms with Gasteiger partial charge in [0.15, 0.2) is 0 Å². The van der Waals surface area contributed by atoms with Gasteiger partial charge in [0.05, 0.1) is 7.11 Å². The Morgan fingerprint density at radius 1 is 1.29 bits per heavy atom. The zero-order chi connectivity index (χ0) is 15.0. The Hall–Kier alpha value is -1.84. The van der Waals surface area contributed by atoms with Crippen molar-refractivity contribution >= 4 is 11.8 Å². The minimum atomic E-state index is -0.260. The number of ketones is 1. The van der Waals surface area contributed by atoms with Crippen molar-refractivity contribution in [3.05, 3.63) is 29.8 Å². The van der Waals surface area contributed by atoms with Gasteiger partial charge in [-0.25, -0.2) is 0 Å². The number of esters is 1. The summed E-state index contributed by atoms with van der Waals surface area (Å²) in [7, 11) is 1.65. The SMILES string of the molecule is COc1ccc([C@@]23CC[C@@H](OC(C)=O)C[C@@H]2C(=O)C3)cc1. The molecule has 0 spiro atoms. The van der Waals surface area contributed by atoms with E-state index >= 15 is 0 Å². The summed E-state index contributed by atoms with van der Waals surface area (Å²) < 4.78 is 10.5. The second-order valence-corrected chi connectivity index (χ2v) is 6.09. The minimum absolute atomic E-state index is 0.0102. The van der Waals surface area contributed by atoms with E-state index in [1.54, 1.807) is 7.11 Å².